The first-order chi connectivity index (χ1) is 15.4. The third kappa shape index (κ3) is 4.35. The summed E-state index contributed by atoms with van der Waals surface area (Å²) in [6.07, 6.45) is 1.04. The number of nitrogens with zero attached hydrogens (tertiary/aromatic N) is 1. The Morgan fingerprint density at radius 2 is 1.67 bits per heavy atom. The molecule has 1 aromatic heterocycles. The van der Waals surface area contributed by atoms with E-state index in [4.69, 9.17) is 0 Å². The van der Waals surface area contributed by atoms with Crippen molar-refractivity contribution in [3.05, 3.63) is 52.1 Å². The molecule has 0 fully saturated rings. The maximum absolute atomic E-state index is 13.5. The number of nitrogens with one attached hydrogen (secondary N) is 3. The topological polar surface area (TPSA) is 109 Å². The van der Waals surface area contributed by atoms with Crippen LogP contribution < -0.4 is 16.0 Å². The molecule has 0 saturated heterocycles. The molecule has 3 rings (SSSR count). The summed E-state index contributed by atoms with van der Waals surface area (Å²) in [5.41, 5.74) is -0.874. The van der Waals surface area contributed by atoms with Gasteiger partial charge in [0.05, 0.1) is 5.56 Å². The normalized spacial score (nSPS) is 12.8. The molecule has 0 unspecified atom stereocenters. The Morgan fingerprint density at radius 1 is 1.06 bits per heavy atom. The molecule has 3 N–H and O–H groups in total. The van der Waals surface area contributed by atoms with Crippen molar-refractivity contribution in [1.29, 1.82) is 0 Å². The van der Waals surface area contributed by atoms with Crippen molar-refractivity contribution in [1.82, 2.24) is 15.2 Å². The predicted octanol–water partition coefficient (Wildman–Crippen LogP) is 2.24. The zero-order valence-electron chi connectivity index (χ0n) is 18.5. The molecule has 0 saturated carbocycles. The van der Waals surface area contributed by atoms with Gasteiger partial charge in [0.2, 0.25) is 5.91 Å². The van der Waals surface area contributed by atoms with Crippen LogP contribution >= 0.6 is 0 Å². The quantitative estimate of drug-likeness (QED) is 0.346. The van der Waals surface area contributed by atoms with Crippen LogP contribution in [0.1, 0.15) is 52.4 Å². The van der Waals surface area contributed by atoms with Crippen molar-refractivity contribution in [3.8, 4) is 0 Å². The monoisotopic (exact) mass is 464 g/mol. The largest absolute Gasteiger partial charge is 0.357 e. The maximum atomic E-state index is 13.5. The SMILES string of the molecule is CNC(=O)C(C)(C)NC(=O)C(=O)c1c(C)c(C(=O)Nc2cc(F)c(F)c(F)c2)n2c1CCC2. The standard InChI is InChI=1S/C22H23F3N4O4/c1-10-15(18(30)20(32)28-22(2,3)21(33)26-4)14-6-5-7-29(14)17(10)19(31)27-11-8-12(23)16(25)13(24)9-11/h8-9H,5-7H2,1-4H3,(H,26,33)(H,27,31)(H,28,32). The summed E-state index contributed by atoms with van der Waals surface area (Å²) in [7, 11) is 1.40. The molecule has 176 valence electrons. The molecule has 2 aromatic rings. The molecule has 0 bridgehead atoms. The second-order valence-corrected chi connectivity index (χ2v) is 8.25. The van der Waals surface area contributed by atoms with Crippen molar-refractivity contribution in [2.75, 3.05) is 12.4 Å². The van der Waals surface area contributed by atoms with E-state index in [0.717, 1.165) is 0 Å². The molecule has 3 amide bonds. The van der Waals surface area contributed by atoms with Crippen LogP contribution in [0.3, 0.4) is 0 Å². The van der Waals surface area contributed by atoms with E-state index in [1.54, 1.807) is 4.57 Å². The van der Waals surface area contributed by atoms with Crippen LogP contribution in [0.4, 0.5) is 18.9 Å². The first-order valence-electron chi connectivity index (χ1n) is 10.2. The average molecular weight is 464 g/mol. The van der Waals surface area contributed by atoms with Crippen LogP contribution in [0.15, 0.2) is 12.1 Å². The van der Waals surface area contributed by atoms with Gasteiger partial charge in [-0.2, -0.15) is 0 Å². The number of carbonyl (C=O) groups excluding carboxylic acids is 4. The van der Waals surface area contributed by atoms with E-state index in [-0.39, 0.29) is 22.5 Å². The Kier molecular flexibility index (Phi) is 6.35. The van der Waals surface area contributed by atoms with Crippen molar-refractivity contribution < 1.29 is 32.3 Å². The molecular formula is C22H23F3N4O4. The number of fused-ring (bicyclic) bond motifs is 1. The lowest BCUT2D eigenvalue weighted by molar-refractivity contribution is -0.130. The maximum Gasteiger partial charge on any atom is 0.293 e. The van der Waals surface area contributed by atoms with E-state index >= 15 is 0 Å². The van der Waals surface area contributed by atoms with E-state index in [2.05, 4.69) is 16.0 Å². The van der Waals surface area contributed by atoms with E-state index in [0.29, 0.717) is 37.2 Å². The van der Waals surface area contributed by atoms with Gasteiger partial charge in [-0.05, 0) is 39.2 Å². The fourth-order valence-electron chi connectivity index (χ4n) is 3.95. The number of benzene rings is 1. The smallest absolute Gasteiger partial charge is 0.293 e. The summed E-state index contributed by atoms with van der Waals surface area (Å²) in [5.74, 6) is -7.78. The van der Waals surface area contributed by atoms with Crippen LogP contribution in [-0.2, 0) is 22.6 Å². The van der Waals surface area contributed by atoms with Crippen molar-refractivity contribution in [2.24, 2.45) is 0 Å². The molecule has 33 heavy (non-hydrogen) atoms. The second-order valence-electron chi connectivity index (χ2n) is 8.25. The van der Waals surface area contributed by atoms with Gasteiger partial charge in [-0.3, -0.25) is 19.2 Å². The molecule has 1 aromatic carbocycles. The highest BCUT2D eigenvalue weighted by molar-refractivity contribution is 6.44. The molecular weight excluding hydrogens is 441 g/mol. The number of likely N-dealkylation sites (N-methyl/N-ethyl adjacent to an activating group) is 1. The minimum absolute atomic E-state index is 0.0410. The van der Waals surface area contributed by atoms with Crippen LogP contribution in [0.2, 0.25) is 0 Å². The highest BCUT2D eigenvalue weighted by Crippen LogP contribution is 2.30. The summed E-state index contributed by atoms with van der Waals surface area (Å²) in [6.45, 7) is 4.75. The van der Waals surface area contributed by atoms with Gasteiger partial charge in [-0.15, -0.1) is 0 Å². The number of rotatable bonds is 6. The van der Waals surface area contributed by atoms with Crippen LogP contribution in [-0.4, -0.2) is 40.7 Å². The summed E-state index contributed by atoms with van der Waals surface area (Å²) in [4.78, 5) is 50.5. The fourth-order valence-corrected chi connectivity index (χ4v) is 3.95. The lowest BCUT2D eigenvalue weighted by Crippen LogP contribution is -2.55. The number of hydrogen-bond acceptors (Lipinski definition) is 4. The first kappa shape index (κ1) is 24.0. The Balaban J connectivity index is 1.94. The zero-order valence-corrected chi connectivity index (χ0v) is 18.5. The van der Waals surface area contributed by atoms with Crippen LogP contribution in [0.5, 0.6) is 0 Å². The van der Waals surface area contributed by atoms with Gasteiger partial charge >= 0.3 is 0 Å². The third-order valence-corrected chi connectivity index (χ3v) is 5.52. The predicted molar refractivity (Wildman–Crippen MR) is 112 cm³/mol. The van der Waals surface area contributed by atoms with Gasteiger partial charge in [-0.25, -0.2) is 13.2 Å². The zero-order chi connectivity index (χ0) is 24.7. The number of Topliss-reactive ketones (excluding diaryl/α,β-unsaturated/α-hetero) is 1. The van der Waals surface area contributed by atoms with Gasteiger partial charge in [0.25, 0.3) is 17.6 Å². The Labute approximate surface area is 187 Å². The van der Waals surface area contributed by atoms with Gasteiger partial charge in [0.1, 0.15) is 11.2 Å². The van der Waals surface area contributed by atoms with E-state index in [9.17, 15) is 32.3 Å². The van der Waals surface area contributed by atoms with Crippen molar-refractivity contribution in [3.63, 3.8) is 0 Å². The second kappa shape index (κ2) is 8.72. The minimum Gasteiger partial charge on any atom is -0.357 e. The fraction of sp³-hybridized carbons (Fsp3) is 0.364. The average Bonchev–Trinajstić information content (AvgIpc) is 3.29. The van der Waals surface area contributed by atoms with E-state index < -0.39 is 46.5 Å². The number of ketones is 1. The van der Waals surface area contributed by atoms with Crippen molar-refractivity contribution in [2.45, 2.75) is 45.7 Å². The summed E-state index contributed by atoms with van der Waals surface area (Å²) in [6, 6.07) is 1.28. The molecule has 1 aliphatic heterocycles. The molecule has 0 aliphatic carbocycles. The van der Waals surface area contributed by atoms with E-state index in [1.165, 1.54) is 27.8 Å². The third-order valence-electron chi connectivity index (χ3n) is 5.52. The number of aromatic nitrogens is 1. The van der Waals surface area contributed by atoms with E-state index in [1.807, 2.05) is 0 Å². The number of anilines is 1. The van der Waals surface area contributed by atoms with Gasteiger partial charge in [-0.1, -0.05) is 0 Å². The molecule has 8 nitrogen and oxygen atoms in total. The van der Waals surface area contributed by atoms with Gasteiger partial charge in [0.15, 0.2) is 17.5 Å². The Hall–Kier alpha value is -3.63. The lowest BCUT2D eigenvalue weighted by atomic mass is 10.00. The Morgan fingerprint density at radius 3 is 2.24 bits per heavy atom. The first-order valence-corrected chi connectivity index (χ1v) is 10.2. The highest BCUT2D eigenvalue weighted by atomic mass is 19.2. The van der Waals surface area contributed by atoms with Crippen LogP contribution in [0, 0.1) is 24.4 Å². The Bertz CT molecular complexity index is 1160. The van der Waals surface area contributed by atoms with Crippen LogP contribution in [0.25, 0.3) is 0 Å². The minimum atomic E-state index is -1.66. The summed E-state index contributed by atoms with van der Waals surface area (Å²) >= 11 is 0. The lowest BCUT2D eigenvalue weighted by Gasteiger charge is -2.23. The van der Waals surface area contributed by atoms with Gasteiger partial charge < -0.3 is 20.5 Å². The number of amides is 3. The number of hydrogen-bond donors (Lipinski definition) is 3. The summed E-state index contributed by atoms with van der Waals surface area (Å²) in [5, 5.41) is 7.10. The highest BCUT2D eigenvalue weighted by Gasteiger charge is 2.36. The number of halogens is 3. The summed E-state index contributed by atoms with van der Waals surface area (Å²) < 4.78 is 41.8. The molecule has 2 heterocycles. The van der Waals surface area contributed by atoms with Gasteiger partial charge in [0, 0.05) is 37.1 Å². The molecule has 0 spiro atoms. The molecule has 11 heteroatoms. The molecule has 1 aliphatic rings. The molecule has 0 radical (unpaired) electrons. The number of carbonyl (C=O) groups is 4. The molecule has 0 atom stereocenters. The van der Waals surface area contributed by atoms with Crippen molar-refractivity contribution >= 4 is 29.2 Å².